The van der Waals surface area contributed by atoms with Crippen LogP contribution < -0.4 is 10.2 Å². The minimum absolute atomic E-state index is 0.236. The smallest absolute Gasteiger partial charge is 0.161 e. The van der Waals surface area contributed by atoms with Gasteiger partial charge in [-0.1, -0.05) is 6.07 Å². The fraction of sp³-hybridized carbons (Fsp3) is 0.286. The van der Waals surface area contributed by atoms with E-state index in [-0.39, 0.29) is 6.04 Å². The SMILES string of the molecule is CC1CNc2cc(F)c(F)cc2N1Cc1cccs1. The van der Waals surface area contributed by atoms with Crippen LogP contribution in [0.2, 0.25) is 0 Å². The van der Waals surface area contributed by atoms with Crippen LogP contribution in [-0.2, 0) is 6.54 Å². The molecule has 0 saturated carbocycles. The number of anilines is 2. The Bertz CT molecular complexity index is 583. The zero-order chi connectivity index (χ0) is 13.4. The first-order valence-corrected chi connectivity index (χ1v) is 7.05. The fourth-order valence-corrected chi connectivity index (χ4v) is 3.03. The second-order valence-corrected chi connectivity index (χ2v) is 5.75. The van der Waals surface area contributed by atoms with Crippen molar-refractivity contribution in [3.05, 3.63) is 46.2 Å². The van der Waals surface area contributed by atoms with Crippen molar-refractivity contribution in [2.45, 2.75) is 19.5 Å². The topological polar surface area (TPSA) is 15.3 Å². The third-order valence-electron chi connectivity index (χ3n) is 3.37. The van der Waals surface area contributed by atoms with Gasteiger partial charge in [-0.15, -0.1) is 11.3 Å². The summed E-state index contributed by atoms with van der Waals surface area (Å²) < 4.78 is 26.7. The summed E-state index contributed by atoms with van der Waals surface area (Å²) >= 11 is 1.67. The molecule has 1 aromatic carbocycles. The quantitative estimate of drug-likeness (QED) is 0.899. The Hall–Kier alpha value is -1.62. The summed E-state index contributed by atoms with van der Waals surface area (Å²) in [5.74, 6) is -1.61. The van der Waals surface area contributed by atoms with E-state index in [1.165, 1.54) is 17.0 Å². The molecule has 0 aliphatic carbocycles. The Balaban J connectivity index is 1.98. The van der Waals surface area contributed by atoms with Gasteiger partial charge in [0.15, 0.2) is 11.6 Å². The molecule has 0 radical (unpaired) electrons. The highest BCUT2D eigenvalue weighted by molar-refractivity contribution is 7.09. The third kappa shape index (κ3) is 2.30. The highest BCUT2D eigenvalue weighted by Crippen LogP contribution is 2.34. The molecule has 1 aliphatic rings. The summed E-state index contributed by atoms with van der Waals surface area (Å²) in [6, 6.07) is 6.80. The zero-order valence-corrected chi connectivity index (χ0v) is 11.3. The average Bonchev–Trinajstić information content (AvgIpc) is 2.88. The van der Waals surface area contributed by atoms with Gasteiger partial charge in [0.1, 0.15) is 0 Å². The van der Waals surface area contributed by atoms with E-state index in [4.69, 9.17) is 0 Å². The van der Waals surface area contributed by atoms with E-state index in [0.717, 1.165) is 18.8 Å². The molecule has 0 amide bonds. The summed E-state index contributed by atoms with van der Waals surface area (Å²) in [5, 5.41) is 5.17. The molecule has 1 atom stereocenters. The van der Waals surface area contributed by atoms with Gasteiger partial charge in [-0.2, -0.15) is 0 Å². The molecule has 3 rings (SSSR count). The van der Waals surface area contributed by atoms with E-state index in [9.17, 15) is 8.78 Å². The minimum Gasteiger partial charge on any atom is -0.381 e. The Morgan fingerprint density at radius 3 is 2.89 bits per heavy atom. The van der Waals surface area contributed by atoms with Gasteiger partial charge in [0.05, 0.1) is 17.9 Å². The molecule has 2 aromatic rings. The number of halogens is 2. The summed E-state index contributed by atoms with van der Waals surface area (Å²) in [7, 11) is 0. The first kappa shape index (κ1) is 12.4. The number of hydrogen-bond acceptors (Lipinski definition) is 3. The van der Waals surface area contributed by atoms with E-state index >= 15 is 0 Å². The monoisotopic (exact) mass is 280 g/mol. The Labute approximate surface area is 114 Å². The van der Waals surface area contributed by atoms with Crippen molar-refractivity contribution in [1.29, 1.82) is 0 Å². The maximum atomic E-state index is 13.5. The number of nitrogens with zero attached hydrogens (tertiary/aromatic N) is 1. The van der Waals surface area contributed by atoms with E-state index in [1.54, 1.807) is 11.3 Å². The van der Waals surface area contributed by atoms with Crippen LogP contribution >= 0.6 is 11.3 Å². The molecule has 1 aromatic heterocycles. The van der Waals surface area contributed by atoms with Crippen molar-refractivity contribution in [1.82, 2.24) is 0 Å². The van der Waals surface area contributed by atoms with Crippen molar-refractivity contribution in [2.24, 2.45) is 0 Å². The van der Waals surface area contributed by atoms with Gasteiger partial charge >= 0.3 is 0 Å². The molecule has 0 spiro atoms. The normalized spacial score (nSPS) is 18.1. The van der Waals surface area contributed by atoms with Gasteiger partial charge in [0.25, 0.3) is 0 Å². The van der Waals surface area contributed by atoms with Crippen LogP contribution in [0.1, 0.15) is 11.8 Å². The van der Waals surface area contributed by atoms with Gasteiger partial charge in [-0.25, -0.2) is 8.78 Å². The van der Waals surface area contributed by atoms with Crippen molar-refractivity contribution in [3.8, 4) is 0 Å². The van der Waals surface area contributed by atoms with Gasteiger partial charge in [0, 0.05) is 29.6 Å². The van der Waals surface area contributed by atoms with Gasteiger partial charge in [-0.3, -0.25) is 0 Å². The lowest BCUT2D eigenvalue weighted by Crippen LogP contribution is -2.41. The van der Waals surface area contributed by atoms with Crippen molar-refractivity contribution >= 4 is 22.7 Å². The largest absolute Gasteiger partial charge is 0.381 e. The van der Waals surface area contributed by atoms with Crippen molar-refractivity contribution < 1.29 is 8.78 Å². The molecule has 0 saturated heterocycles. The minimum atomic E-state index is -0.808. The van der Waals surface area contributed by atoms with E-state index < -0.39 is 11.6 Å². The number of fused-ring (bicyclic) bond motifs is 1. The number of nitrogens with one attached hydrogen (secondary N) is 1. The lowest BCUT2D eigenvalue weighted by atomic mass is 10.1. The zero-order valence-electron chi connectivity index (χ0n) is 10.5. The molecule has 5 heteroatoms. The van der Waals surface area contributed by atoms with Crippen molar-refractivity contribution in [2.75, 3.05) is 16.8 Å². The molecule has 2 heterocycles. The summed E-state index contributed by atoms with van der Waals surface area (Å²) in [4.78, 5) is 3.32. The first-order valence-electron chi connectivity index (χ1n) is 6.17. The molecule has 1 aliphatic heterocycles. The molecule has 100 valence electrons. The molecule has 1 N–H and O–H groups in total. The van der Waals surface area contributed by atoms with E-state index in [2.05, 4.69) is 23.2 Å². The second-order valence-electron chi connectivity index (χ2n) is 4.72. The number of rotatable bonds is 2. The van der Waals surface area contributed by atoms with Crippen LogP contribution in [0.15, 0.2) is 29.6 Å². The van der Waals surface area contributed by atoms with Crippen LogP contribution in [0.25, 0.3) is 0 Å². The second kappa shape index (κ2) is 4.81. The lowest BCUT2D eigenvalue weighted by Gasteiger charge is -2.37. The summed E-state index contributed by atoms with van der Waals surface area (Å²) in [6.07, 6.45) is 0. The summed E-state index contributed by atoms with van der Waals surface area (Å²) in [6.45, 7) is 3.52. The molecular formula is C14H14F2N2S. The lowest BCUT2D eigenvalue weighted by molar-refractivity contribution is 0.506. The molecule has 19 heavy (non-hydrogen) atoms. The van der Waals surface area contributed by atoms with E-state index in [1.807, 2.05) is 11.4 Å². The van der Waals surface area contributed by atoms with Crippen LogP contribution in [0.5, 0.6) is 0 Å². The van der Waals surface area contributed by atoms with Crippen LogP contribution in [-0.4, -0.2) is 12.6 Å². The highest BCUT2D eigenvalue weighted by Gasteiger charge is 2.25. The number of hydrogen-bond donors (Lipinski definition) is 1. The van der Waals surface area contributed by atoms with Crippen LogP contribution in [0.4, 0.5) is 20.2 Å². The van der Waals surface area contributed by atoms with Crippen LogP contribution in [0.3, 0.4) is 0 Å². The fourth-order valence-electron chi connectivity index (χ4n) is 2.33. The molecule has 0 fully saturated rings. The molecule has 1 unspecified atom stereocenters. The maximum Gasteiger partial charge on any atom is 0.161 e. The Morgan fingerprint density at radius 2 is 2.16 bits per heavy atom. The van der Waals surface area contributed by atoms with Gasteiger partial charge < -0.3 is 10.2 Å². The molecular weight excluding hydrogens is 266 g/mol. The van der Waals surface area contributed by atoms with Gasteiger partial charge in [-0.05, 0) is 18.4 Å². The predicted molar refractivity (Wildman–Crippen MR) is 74.8 cm³/mol. The van der Waals surface area contributed by atoms with E-state index in [0.29, 0.717) is 5.69 Å². The molecule has 0 bridgehead atoms. The third-order valence-corrected chi connectivity index (χ3v) is 4.24. The highest BCUT2D eigenvalue weighted by atomic mass is 32.1. The first-order chi connectivity index (χ1) is 9.15. The number of benzene rings is 1. The van der Waals surface area contributed by atoms with Gasteiger partial charge in [0.2, 0.25) is 0 Å². The van der Waals surface area contributed by atoms with Crippen molar-refractivity contribution in [3.63, 3.8) is 0 Å². The maximum absolute atomic E-state index is 13.5. The Kier molecular flexibility index (Phi) is 3.14. The Morgan fingerprint density at radius 1 is 1.37 bits per heavy atom. The number of thiophene rings is 1. The standard InChI is InChI=1S/C14H14F2N2S/c1-9-7-17-13-5-11(15)12(16)6-14(13)18(9)8-10-3-2-4-19-10/h2-6,9,17H,7-8H2,1H3. The summed E-state index contributed by atoms with van der Waals surface area (Å²) in [5.41, 5.74) is 1.39. The predicted octanol–water partition coefficient (Wildman–Crippen LogP) is 3.85. The average molecular weight is 280 g/mol. The van der Waals surface area contributed by atoms with Crippen LogP contribution in [0, 0.1) is 11.6 Å². The molecule has 2 nitrogen and oxygen atoms in total.